The fourth-order valence-electron chi connectivity index (χ4n) is 9.29. The highest BCUT2D eigenvalue weighted by atomic mass is 16.3. The van der Waals surface area contributed by atoms with E-state index in [1.54, 1.807) is 0 Å². The molecule has 0 aliphatic rings. The van der Waals surface area contributed by atoms with E-state index in [1.807, 2.05) is 36.4 Å². The Balaban J connectivity index is 1.24. The molecule has 0 unspecified atom stereocenters. The molecule has 9 heteroatoms. The molecule has 16 radical (unpaired) electrons. The van der Waals surface area contributed by atoms with Gasteiger partial charge in [-0.15, -0.1) is 21.9 Å². The van der Waals surface area contributed by atoms with Gasteiger partial charge in [0.1, 0.15) is 73.9 Å². The molecular weight excluding hydrogens is 703 g/mol. The van der Waals surface area contributed by atoms with Gasteiger partial charge in [-0.2, -0.15) is 0 Å². The maximum absolute atomic E-state index is 7.06. The standard InChI is InChI=1S/C50H22B8O/c51-42-38-36(25-15-13-24(14-16-25)33-21-26-8-2-3-9-28(26)30-11-5-6-12-31(30)33)39-41(45(54)49(58)47(56)43(39)52)37(40(38)44(53)48(57)46(42)55)27-18-20-35-34(22-27)32-19-17-23-7-1-4-10-29(23)50(32)59-35/h1-22H. The molecule has 252 valence electrons. The summed E-state index contributed by atoms with van der Waals surface area (Å²) in [6.45, 7) is 0. The van der Waals surface area contributed by atoms with Gasteiger partial charge in [0.05, 0.1) is 0 Å². The molecular formula is C50H22B8O. The molecule has 1 nitrogen and oxygen atoms in total. The first-order chi connectivity index (χ1) is 28.6. The van der Waals surface area contributed by atoms with Crippen molar-refractivity contribution in [2.75, 3.05) is 0 Å². The summed E-state index contributed by atoms with van der Waals surface area (Å²) in [5, 5.41) is 10.9. The van der Waals surface area contributed by atoms with Gasteiger partial charge in [0.25, 0.3) is 0 Å². The van der Waals surface area contributed by atoms with Crippen LogP contribution in [0.25, 0.3) is 109 Å². The van der Waals surface area contributed by atoms with Crippen LogP contribution in [-0.4, -0.2) is 62.8 Å². The van der Waals surface area contributed by atoms with Crippen molar-refractivity contribution in [3.05, 3.63) is 133 Å². The van der Waals surface area contributed by atoms with Gasteiger partial charge >= 0.3 is 0 Å². The number of hydrogen-bond donors (Lipinski definition) is 0. The smallest absolute Gasteiger partial charge is 0.143 e. The monoisotopic (exact) mass is 726 g/mol. The van der Waals surface area contributed by atoms with Crippen molar-refractivity contribution in [2.24, 2.45) is 0 Å². The van der Waals surface area contributed by atoms with Gasteiger partial charge < -0.3 is 4.42 Å². The van der Waals surface area contributed by atoms with Gasteiger partial charge in [0.2, 0.25) is 0 Å². The van der Waals surface area contributed by atoms with Crippen LogP contribution >= 0.6 is 0 Å². The van der Waals surface area contributed by atoms with Crippen molar-refractivity contribution in [2.45, 2.75) is 0 Å². The first-order valence-corrected chi connectivity index (χ1v) is 19.2. The Morgan fingerprint density at radius 1 is 0.305 bits per heavy atom. The summed E-state index contributed by atoms with van der Waals surface area (Å²) >= 11 is 0. The number of benzene rings is 10. The molecule has 0 saturated carbocycles. The summed E-state index contributed by atoms with van der Waals surface area (Å²) in [4.78, 5) is 0. The van der Waals surface area contributed by atoms with Crippen molar-refractivity contribution in [3.8, 4) is 33.4 Å². The first-order valence-electron chi connectivity index (χ1n) is 19.2. The van der Waals surface area contributed by atoms with Gasteiger partial charge in [-0.1, -0.05) is 131 Å². The summed E-state index contributed by atoms with van der Waals surface area (Å²) < 4.78 is 6.49. The van der Waals surface area contributed by atoms with E-state index in [9.17, 15) is 0 Å². The number of hydrogen-bond acceptors (Lipinski definition) is 1. The molecule has 0 bridgehead atoms. The van der Waals surface area contributed by atoms with Crippen molar-refractivity contribution < 1.29 is 4.42 Å². The lowest BCUT2D eigenvalue weighted by Crippen LogP contribution is -2.50. The summed E-state index contributed by atoms with van der Waals surface area (Å²) in [6, 6.07) is 45.7. The van der Waals surface area contributed by atoms with Crippen LogP contribution in [0.1, 0.15) is 0 Å². The van der Waals surface area contributed by atoms with Gasteiger partial charge in [0.15, 0.2) is 0 Å². The highest BCUT2D eigenvalue weighted by molar-refractivity contribution is 6.71. The highest BCUT2D eigenvalue weighted by Gasteiger charge is 2.25. The fourth-order valence-corrected chi connectivity index (χ4v) is 9.29. The summed E-state index contributed by atoms with van der Waals surface area (Å²) in [5.74, 6) is 0. The maximum Gasteiger partial charge on any atom is 0.143 e. The maximum atomic E-state index is 7.06. The molecule has 0 amide bonds. The Kier molecular flexibility index (Phi) is 8.02. The number of furan rings is 1. The minimum absolute atomic E-state index is 0.163. The first kappa shape index (κ1) is 35.9. The third-order valence-corrected chi connectivity index (χ3v) is 12.2. The molecule has 0 N–H and O–H groups in total. The number of fused-ring (bicyclic) bond motifs is 10. The second-order valence-electron chi connectivity index (χ2n) is 15.3. The predicted octanol–water partition coefficient (Wildman–Crippen LogP) is 4.70. The van der Waals surface area contributed by atoms with Crippen molar-refractivity contribution >= 4 is 182 Å². The zero-order valence-corrected chi connectivity index (χ0v) is 31.7. The van der Waals surface area contributed by atoms with E-state index in [0.717, 1.165) is 65.7 Å². The molecule has 0 aliphatic heterocycles. The molecule has 10 aromatic carbocycles. The van der Waals surface area contributed by atoms with Gasteiger partial charge in [-0.25, -0.2) is 0 Å². The van der Waals surface area contributed by atoms with E-state index in [4.69, 9.17) is 67.2 Å². The predicted molar refractivity (Wildman–Crippen MR) is 261 cm³/mol. The summed E-state index contributed by atoms with van der Waals surface area (Å²) in [7, 11) is 54.9. The van der Waals surface area contributed by atoms with Crippen LogP contribution in [0, 0.1) is 0 Å². The zero-order chi connectivity index (χ0) is 40.4. The van der Waals surface area contributed by atoms with Crippen molar-refractivity contribution in [1.82, 2.24) is 0 Å². The van der Waals surface area contributed by atoms with Crippen LogP contribution in [-0.2, 0) is 0 Å². The van der Waals surface area contributed by atoms with E-state index in [1.165, 1.54) is 10.8 Å². The Bertz CT molecular complexity index is 3560. The number of rotatable bonds is 3. The SMILES string of the molecule is [B]c1c([B])c([B])c2c(-c3ccc4oc5c6ccccc6ccc5c4c3)c3c([B])c([B])c([B])c([B])c3c(-c3ccc(-c4cc5ccccc5c5ccccc45)cc3)c2c1[B]. The molecule has 1 heterocycles. The molecule has 0 aliphatic carbocycles. The Labute approximate surface area is 351 Å². The van der Waals surface area contributed by atoms with E-state index < -0.39 is 0 Å². The molecule has 1 aromatic heterocycles. The van der Waals surface area contributed by atoms with Crippen LogP contribution in [0.15, 0.2) is 138 Å². The second-order valence-corrected chi connectivity index (χ2v) is 15.3. The molecule has 0 saturated heterocycles. The minimum atomic E-state index is 0.163. The topological polar surface area (TPSA) is 13.1 Å². The van der Waals surface area contributed by atoms with Crippen LogP contribution in [0.4, 0.5) is 0 Å². The molecule has 59 heavy (non-hydrogen) atoms. The molecule has 11 rings (SSSR count). The van der Waals surface area contributed by atoms with Crippen LogP contribution in [0.5, 0.6) is 0 Å². The molecule has 11 aromatic rings. The van der Waals surface area contributed by atoms with Gasteiger partial charge in [-0.3, -0.25) is 0 Å². The van der Waals surface area contributed by atoms with E-state index in [2.05, 4.69) is 97.1 Å². The molecule has 0 spiro atoms. The third kappa shape index (κ3) is 5.10. The Morgan fingerprint density at radius 3 is 1.39 bits per heavy atom. The van der Waals surface area contributed by atoms with E-state index in [0.29, 0.717) is 32.7 Å². The van der Waals surface area contributed by atoms with Crippen LogP contribution in [0.3, 0.4) is 0 Å². The van der Waals surface area contributed by atoms with Gasteiger partial charge in [0, 0.05) is 16.2 Å². The normalized spacial score (nSPS) is 11.9. The minimum Gasteiger partial charge on any atom is -0.455 e. The second kappa shape index (κ2) is 13.2. The lowest BCUT2D eigenvalue weighted by atomic mass is 9.59. The average Bonchev–Trinajstić information content (AvgIpc) is 3.66. The lowest BCUT2D eigenvalue weighted by molar-refractivity contribution is 0.672. The van der Waals surface area contributed by atoms with E-state index >= 15 is 0 Å². The van der Waals surface area contributed by atoms with E-state index in [-0.39, 0.29) is 43.7 Å². The summed E-state index contributed by atoms with van der Waals surface area (Å²) in [6.07, 6.45) is 0. The van der Waals surface area contributed by atoms with Crippen molar-refractivity contribution in [3.63, 3.8) is 0 Å². The third-order valence-electron chi connectivity index (χ3n) is 12.2. The van der Waals surface area contributed by atoms with Crippen LogP contribution < -0.4 is 43.7 Å². The van der Waals surface area contributed by atoms with Crippen LogP contribution in [0.2, 0.25) is 0 Å². The summed E-state index contributed by atoms with van der Waals surface area (Å²) in [5.41, 5.74) is 8.16. The fraction of sp³-hybridized carbons (Fsp3) is 0. The largest absolute Gasteiger partial charge is 0.455 e. The lowest BCUT2D eigenvalue weighted by Gasteiger charge is -2.28. The zero-order valence-electron chi connectivity index (χ0n) is 31.7. The van der Waals surface area contributed by atoms with Gasteiger partial charge in [-0.05, 0) is 106 Å². The molecule has 0 atom stereocenters. The average molecular weight is 725 g/mol. The van der Waals surface area contributed by atoms with Crippen molar-refractivity contribution in [1.29, 1.82) is 0 Å². The highest BCUT2D eigenvalue weighted by Crippen LogP contribution is 2.44. The Morgan fingerprint density at radius 2 is 0.780 bits per heavy atom. The Hall–Kier alpha value is -6.18. The molecule has 0 fully saturated rings. The quantitative estimate of drug-likeness (QED) is 0.146.